The highest BCUT2D eigenvalue weighted by atomic mass is 79.9. The number of para-hydroxylation sites is 2. The Bertz CT molecular complexity index is 783. The highest BCUT2D eigenvalue weighted by Gasteiger charge is 2.24. The maximum Gasteiger partial charge on any atom is 0.0496 e. The second-order valence-electron chi connectivity index (χ2n) is 8.11. The zero-order valence-corrected chi connectivity index (χ0v) is 16.9. The molecule has 0 saturated heterocycles. The molecular formula is C22H28BrN. The lowest BCUT2D eigenvalue weighted by Gasteiger charge is -2.30. The van der Waals surface area contributed by atoms with Crippen LogP contribution < -0.4 is 0 Å². The standard InChI is InChI=1S/C22H28BrN/c1-21(2,23)15-9-10-16-22(3,4)24-19-13-7-5-11-17(19)18-12-6-8-14-20(18)24/h5-8,11-14H,9-10,15-16H2,1-4H3. The molecule has 24 heavy (non-hydrogen) atoms. The van der Waals surface area contributed by atoms with Crippen LogP contribution >= 0.6 is 15.9 Å². The third kappa shape index (κ3) is 3.54. The van der Waals surface area contributed by atoms with E-state index < -0.39 is 0 Å². The van der Waals surface area contributed by atoms with Crippen LogP contribution in [0.25, 0.3) is 21.8 Å². The minimum Gasteiger partial charge on any atom is -0.335 e. The molecule has 0 spiro atoms. The highest BCUT2D eigenvalue weighted by Crippen LogP contribution is 2.36. The van der Waals surface area contributed by atoms with Crippen molar-refractivity contribution < 1.29 is 0 Å². The summed E-state index contributed by atoms with van der Waals surface area (Å²) in [5.41, 5.74) is 2.81. The Hall–Kier alpha value is -1.28. The summed E-state index contributed by atoms with van der Waals surface area (Å²) in [7, 11) is 0. The van der Waals surface area contributed by atoms with Crippen LogP contribution in [0.4, 0.5) is 0 Å². The van der Waals surface area contributed by atoms with Crippen molar-refractivity contribution in [1.29, 1.82) is 0 Å². The van der Waals surface area contributed by atoms with Gasteiger partial charge in [0, 0.05) is 31.7 Å². The fourth-order valence-electron chi connectivity index (χ4n) is 3.79. The Kier molecular flexibility index (Phi) is 4.79. The predicted molar refractivity (Wildman–Crippen MR) is 110 cm³/mol. The van der Waals surface area contributed by atoms with Gasteiger partial charge in [0.15, 0.2) is 0 Å². The molecule has 128 valence electrons. The molecule has 1 nitrogen and oxygen atoms in total. The maximum absolute atomic E-state index is 3.76. The van der Waals surface area contributed by atoms with Crippen molar-refractivity contribution in [2.75, 3.05) is 0 Å². The summed E-state index contributed by atoms with van der Waals surface area (Å²) >= 11 is 3.76. The van der Waals surface area contributed by atoms with E-state index in [1.54, 1.807) is 0 Å². The minimum atomic E-state index is 0.110. The Morgan fingerprint density at radius 1 is 0.750 bits per heavy atom. The minimum absolute atomic E-state index is 0.110. The van der Waals surface area contributed by atoms with Crippen molar-refractivity contribution in [2.24, 2.45) is 0 Å². The molecule has 1 aromatic heterocycles. The molecule has 0 atom stereocenters. The zero-order valence-electron chi connectivity index (χ0n) is 15.3. The second-order valence-corrected chi connectivity index (χ2v) is 10.3. The molecule has 0 aliphatic carbocycles. The molecule has 0 saturated carbocycles. The summed E-state index contributed by atoms with van der Waals surface area (Å²) in [6.45, 7) is 9.27. The molecule has 1 heterocycles. The monoisotopic (exact) mass is 385 g/mol. The summed E-state index contributed by atoms with van der Waals surface area (Å²) in [6, 6.07) is 17.6. The Morgan fingerprint density at radius 3 is 1.71 bits per heavy atom. The van der Waals surface area contributed by atoms with Crippen LogP contribution in [0, 0.1) is 0 Å². The number of rotatable bonds is 6. The molecule has 0 bridgehead atoms. The van der Waals surface area contributed by atoms with Gasteiger partial charge in [-0.15, -0.1) is 0 Å². The molecule has 2 heteroatoms. The Labute approximate surface area is 154 Å². The summed E-state index contributed by atoms with van der Waals surface area (Å²) in [5.74, 6) is 0. The lowest BCUT2D eigenvalue weighted by atomic mass is 9.94. The molecular weight excluding hydrogens is 358 g/mol. The normalized spacial score (nSPS) is 13.0. The van der Waals surface area contributed by atoms with E-state index in [0.29, 0.717) is 0 Å². The fourth-order valence-corrected chi connectivity index (χ4v) is 4.07. The van der Waals surface area contributed by atoms with E-state index in [9.17, 15) is 0 Å². The smallest absolute Gasteiger partial charge is 0.0496 e. The first-order valence-electron chi connectivity index (χ1n) is 8.97. The van der Waals surface area contributed by atoms with Crippen LogP contribution in [0.3, 0.4) is 0 Å². The van der Waals surface area contributed by atoms with Gasteiger partial charge in [-0.2, -0.15) is 0 Å². The number of alkyl halides is 1. The summed E-state index contributed by atoms with van der Waals surface area (Å²) in [6.07, 6.45) is 4.93. The van der Waals surface area contributed by atoms with Gasteiger partial charge in [-0.25, -0.2) is 0 Å². The van der Waals surface area contributed by atoms with Gasteiger partial charge in [-0.1, -0.05) is 79.0 Å². The first-order chi connectivity index (χ1) is 11.3. The molecule has 3 aromatic rings. The first kappa shape index (κ1) is 17.5. The third-order valence-corrected chi connectivity index (χ3v) is 5.39. The average Bonchev–Trinajstić information content (AvgIpc) is 2.86. The highest BCUT2D eigenvalue weighted by molar-refractivity contribution is 9.10. The third-order valence-electron chi connectivity index (χ3n) is 5.00. The fraction of sp³-hybridized carbons (Fsp3) is 0.455. The number of hydrogen-bond donors (Lipinski definition) is 0. The molecule has 0 unspecified atom stereocenters. The van der Waals surface area contributed by atoms with Gasteiger partial charge in [0.2, 0.25) is 0 Å². The largest absolute Gasteiger partial charge is 0.335 e. The molecule has 0 aliphatic heterocycles. The van der Waals surface area contributed by atoms with Gasteiger partial charge >= 0.3 is 0 Å². The second kappa shape index (κ2) is 6.55. The summed E-state index contributed by atoms with van der Waals surface area (Å²) < 4.78 is 2.81. The Morgan fingerprint density at radius 2 is 1.21 bits per heavy atom. The molecule has 0 N–H and O–H groups in total. The first-order valence-corrected chi connectivity index (χ1v) is 9.76. The van der Waals surface area contributed by atoms with Gasteiger partial charge in [-0.05, 0) is 38.8 Å². The van der Waals surface area contributed by atoms with Gasteiger partial charge in [0.1, 0.15) is 0 Å². The number of halogens is 1. The number of nitrogens with zero attached hydrogens (tertiary/aromatic N) is 1. The zero-order chi connectivity index (χ0) is 17.4. The topological polar surface area (TPSA) is 4.93 Å². The van der Waals surface area contributed by atoms with Crippen molar-refractivity contribution >= 4 is 37.7 Å². The molecule has 3 rings (SSSR count). The number of benzene rings is 2. The van der Waals surface area contributed by atoms with E-state index in [2.05, 4.69) is 96.7 Å². The molecule has 2 aromatic carbocycles. The number of fused-ring (bicyclic) bond motifs is 3. The van der Waals surface area contributed by atoms with Crippen LogP contribution in [-0.4, -0.2) is 8.89 Å². The Balaban J connectivity index is 1.94. The van der Waals surface area contributed by atoms with Crippen LogP contribution in [0.1, 0.15) is 53.4 Å². The van der Waals surface area contributed by atoms with Gasteiger partial charge in [0.05, 0.1) is 0 Å². The summed E-state index contributed by atoms with van der Waals surface area (Å²) in [5, 5.41) is 2.73. The van der Waals surface area contributed by atoms with Gasteiger partial charge in [0.25, 0.3) is 0 Å². The predicted octanol–water partition coefficient (Wildman–Crippen LogP) is 7.26. The van der Waals surface area contributed by atoms with Crippen molar-refractivity contribution in [3.63, 3.8) is 0 Å². The van der Waals surface area contributed by atoms with Crippen LogP contribution in [0.15, 0.2) is 48.5 Å². The van der Waals surface area contributed by atoms with E-state index in [-0.39, 0.29) is 9.86 Å². The number of aromatic nitrogens is 1. The van der Waals surface area contributed by atoms with Gasteiger partial charge < -0.3 is 4.57 Å². The quantitative estimate of drug-likeness (QED) is 0.310. The van der Waals surface area contributed by atoms with Crippen LogP contribution in [-0.2, 0) is 5.54 Å². The number of unbranched alkanes of at least 4 members (excludes halogenated alkanes) is 1. The summed E-state index contributed by atoms with van der Waals surface area (Å²) in [4.78, 5) is 0. The van der Waals surface area contributed by atoms with Crippen molar-refractivity contribution in [3.8, 4) is 0 Å². The van der Waals surface area contributed by atoms with Crippen LogP contribution in [0.2, 0.25) is 0 Å². The maximum atomic E-state index is 3.76. The van der Waals surface area contributed by atoms with Crippen molar-refractivity contribution in [3.05, 3.63) is 48.5 Å². The van der Waals surface area contributed by atoms with E-state index >= 15 is 0 Å². The SMILES string of the molecule is CC(C)(Br)CCCCC(C)(C)n1c2ccccc2c2ccccc21. The lowest BCUT2D eigenvalue weighted by Crippen LogP contribution is -2.26. The van der Waals surface area contributed by atoms with Crippen LogP contribution in [0.5, 0.6) is 0 Å². The van der Waals surface area contributed by atoms with Crippen molar-refractivity contribution in [2.45, 2.75) is 63.2 Å². The molecule has 0 aliphatic rings. The molecule has 0 radical (unpaired) electrons. The van der Waals surface area contributed by atoms with E-state index in [4.69, 9.17) is 0 Å². The van der Waals surface area contributed by atoms with E-state index in [1.165, 1.54) is 47.5 Å². The molecule has 0 amide bonds. The van der Waals surface area contributed by atoms with Gasteiger partial charge in [-0.3, -0.25) is 0 Å². The lowest BCUT2D eigenvalue weighted by molar-refractivity contribution is 0.330. The molecule has 0 fully saturated rings. The number of hydrogen-bond acceptors (Lipinski definition) is 0. The van der Waals surface area contributed by atoms with Crippen molar-refractivity contribution in [1.82, 2.24) is 4.57 Å². The average molecular weight is 386 g/mol. The van der Waals surface area contributed by atoms with E-state index in [0.717, 1.165) is 0 Å². The van der Waals surface area contributed by atoms with E-state index in [1.807, 2.05) is 0 Å².